The highest BCUT2D eigenvalue weighted by Gasteiger charge is 2.10. The Morgan fingerprint density at radius 1 is 1.08 bits per heavy atom. The molecule has 0 aromatic heterocycles. The lowest BCUT2D eigenvalue weighted by atomic mass is 10.1. The fourth-order valence-electron chi connectivity index (χ4n) is 2.50. The minimum atomic E-state index is -0.0160. The van der Waals surface area contributed by atoms with Gasteiger partial charge in [0, 0.05) is 18.5 Å². The molecule has 5 heteroatoms. The van der Waals surface area contributed by atoms with E-state index in [0.29, 0.717) is 37.5 Å². The van der Waals surface area contributed by atoms with E-state index in [-0.39, 0.29) is 5.91 Å². The van der Waals surface area contributed by atoms with Gasteiger partial charge in [0.15, 0.2) is 11.5 Å². The van der Waals surface area contributed by atoms with E-state index in [9.17, 15) is 4.79 Å². The van der Waals surface area contributed by atoms with Crippen LogP contribution in [0.15, 0.2) is 42.5 Å². The van der Waals surface area contributed by atoms with Gasteiger partial charge in [-0.15, -0.1) is 0 Å². The number of hydrogen-bond donors (Lipinski definition) is 1. The zero-order valence-corrected chi connectivity index (χ0v) is 15.0. The van der Waals surface area contributed by atoms with Gasteiger partial charge in [-0.1, -0.05) is 24.3 Å². The number of nitrogens with one attached hydrogen (secondary N) is 1. The molecule has 0 saturated heterocycles. The predicted octanol–water partition coefficient (Wildman–Crippen LogP) is 3.49. The van der Waals surface area contributed by atoms with Gasteiger partial charge < -0.3 is 19.5 Å². The molecule has 134 valence electrons. The van der Waals surface area contributed by atoms with E-state index in [0.717, 1.165) is 16.9 Å². The van der Waals surface area contributed by atoms with E-state index in [1.165, 1.54) is 0 Å². The van der Waals surface area contributed by atoms with Crippen molar-refractivity contribution in [1.29, 1.82) is 0 Å². The Balaban J connectivity index is 1.74. The maximum atomic E-state index is 12.0. The number of ether oxygens (including phenoxy) is 3. The molecule has 0 aliphatic rings. The van der Waals surface area contributed by atoms with Gasteiger partial charge >= 0.3 is 0 Å². The number of amides is 1. The molecule has 0 spiro atoms. The van der Waals surface area contributed by atoms with Crippen LogP contribution in [0.3, 0.4) is 0 Å². The third-order valence-electron chi connectivity index (χ3n) is 3.77. The summed E-state index contributed by atoms with van der Waals surface area (Å²) < 4.78 is 16.3. The van der Waals surface area contributed by atoms with Crippen LogP contribution in [0.2, 0.25) is 0 Å². The van der Waals surface area contributed by atoms with Crippen LogP contribution in [-0.4, -0.2) is 26.7 Å². The number of benzene rings is 2. The number of carbonyl (C=O) groups excluding carboxylic acids is 1. The fourth-order valence-corrected chi connectivity index (χ4v) is 2.50. The largest absolute Gasteiger partial charge is 0.494 e. The van der Waals surface area contributed by atoms with Gasteiger partial charge in [-0.05, 0) is 37.1 Å². The van der Waals surface area contributed by atoms with Crippen molar-refractivity contribution in [3.63, 3.8) is 0 Å². The summed E-state index contributed by atoms with van der Waals surface area (Å²) in [6.45, 7) is 2.93. The Morgan fingerprint density at radius 3 is 2.60 bits per heavy atom. The normalized spacial score (nSPS) is 10.2. The quantitative estimate of drug-likeness (QED) is 0.708. The molecule has 0 aliphatic carbocycles. The zero-order valence-electron chi connectivity index (χ0n) is 15.0. The Bertz CT molecular complexity index is 700. The first-order chi connectivity index (χ1) is 12.1. The van der Waals surface area contributed by atoms with Crippen LogP contribution in [0.4, 0.5) is 0 Å². The number of hydrogen-bond acceptors (Lipinski definition) is 4. The molecule has 0 aliphatic heterocycles. The Labute approximate surface area is 148 Å². The minimum Gasteiger partial charge on any atom is -0.494 e. The molecule has 0 saturated carbocycles. The average molecular weight is 343 g/mol. The molecule has 2 aromatic carbocycles. The number of methoxy groups -OCH3 is 2. The van der Waals surface area contributed by atoms with Crippen LogP contribution < -0.4 is 19.5 Å². The second-order valence-electron chi connectivity index (χ2n) is 5.70. The maximum Gasteiger partial charge on any atom is 0.220 e. The van der Waals surface area contributed by atoms with Crippen LogP contribution >= 0.6 is 0 Å². The Morgan fingerprint density at radius 2 is 1.88 bits per heavy atom. The molecule has 5 nitrogen and oxygen atoms in total. The summed E-state index contributed by atoms with van der Waals surface area (Å²) in [5, 5.41) is 2.90. The lowest BCUT2D eigenvalue weighted by Gasteiger charge is -2.13. The number of aryl methyl sites for hydroxylation is 1. The average Bonchev–Trinajstić information content (AvgIpc) is 2.63. The molecule has 0 heterocycles. The molecule has 0 fully saturated rings. The van der Waals surface area contributed by atoms with E-state index in [1.54, 1.807) is 14.2 Å². The molecule has 0 atom stereocenters. The highest BCUT2D eigenvalue weighted by Crippen LogP contribution is 2.30. The van der Waals surface area contributed by atoms with Crippen molar-refractivity contribution in [2.45, 2.75) is 26.3 Å². The van der Waals surface area contributed by atoms with E-state index >= 15 is 0 Å². The second-order valence-corrected chi connectivity index (χ2v) is 5.70. The summed E-state index contributed by atoms with van der Waals surface area (Å²) in [7, 11) is 3.18. The van der Waals surface area contributed by atoms with Crippen molar-refractivity contribution in [3.8, 4) is 17.2 Å². The fraction of sp³-hybridized carbons (Fsp3) is 0.350. The van der Waals surface area contributed by atoms with Crippen LogP contribution in [0, 0.1) is 6.92 Å². The summed E-state index contributed by atoms with van der Waals surface area (Å²) >= 11 is 0. The molecular weight excluding hydrogens is 318 g/mol. The first kappa shape index (κ1) is 18.6. The zero-order chi connectivity index (χ0) is 18.1. The van der Waals surface area contributed by atoms with Crippen molar-refractivity contribution < 1.29 is 19.0 Å². The summed E-state index contributed by atoms with van der Waals surface area (Å²) in [5.41, 5.74) is 2.04. The van der Waals surface area contributed by atoms with E-state index in [1.807, 2.05) is 49.4 Å². The van der Waals surface area contributed by atoms with Crippen molar-refractivity contribution in [1.82, 2.24) is 5.32 Å². The number of carbonyl (C=O) groups is 1. The standard InChI is InChI=1S/C20H25NO4/c1-15-7-4-9-17(13-15)25-12-6-11-19(22)21-14-16-8-5-10-18(23-2)20(16)24-3/h4-5,7-10,13H,6,11-12,14H2,1-3H3,(H,21,22). The van der Waals surface area contributed by atoms with Crippen molar-refractivity contribution >= 4 is 5.91 Å². The van der Waals surface area contributed by atoms with Crippen molar-refractivity contribution in [3.05, 3.63) is 53.6 Å². The SMILES string of the molecule is COc1cccc(CNC(=O)CCCOc2cccc(C)c2)c1OC. The summed E-state index contributed by atoms with van der Waals surface area (Å²) in [6, 6.07) is 13.5. The molecular formula is C20H25NO4. The van der Waals surface area contributed by atoms with Crippen molar-refractivity contribution in [2.24, 2.45) is 0 Å². The summed E-state index contributed by atoms with van der Waals surface area (Å²) in [4.78, 5) is 12.0. The van der Waals surface area contributed by atoms with E-state index in [2.05, 4.69) is 5.32 Å². The number of rotatable bonds is 9. The molecule has 1 N–H and O–H groups in total. The first-order valence-electron chi connectivity index (χ1n) is 8.30. The topological polar surface area (TPSA) is 56.8 Å². The van der Waals surface area contributed by atoms with Crippen LogP contribution in [-0.2, 0) is 11.3 Å². The molecule has 2 aromatic rings. The molecule has 0 radical (unpaired) electrons. The lowest BCUT2D eigenvalue weighted by Crippen LogP contribution is -2.23. The maximum absolute atomic E-state index is 12.0. The molecule has 2 rings (SSSR count). The molecule has 1 amide bonds. The minimum absolute atomic E-state index is 0.0160. The highest BCUT2D eigenvalue weighted by atomic mass is 16.5. The summed E-state index contributed by atoms with van der Waals surface area (Å²) in [5.74, 6) is 2.12. The van der Waals surface area contributed by atoms with E-state index in [4.69, 9.17) is 14.2 Å². The molecule has 0 unspecified atom stereocenters. The Hall–Kier alpha value is -2.69. The molecule has 25 heavy (non-hydrogen) atoms. The predicted molar refractivity (Wildman–Crippen MR) is 97.3 cm³/mol. The van der Waals surface area contributed by atoms with Crippen LogP contribution in [0.25, 0.3) is 0 Å². The number of para-hydroxylation sites is 1. The van der Waals surface area contributed by atoms with Gasteiger partial charge in [0.05, 0.1) is 20.8 Å². The Kier molecular flexibility index (Phi) is 7.14. The summed E-state index contributed by atoms with van der Waals surface area (Å²) in [6.07, 6.45) is 1.08. The monoisotopic (exact) mass is 343 g/mol. The van der Waals surface area contributed by atoms with Crippen LogP contribution in [0.1, 0.15) is 24.0 Å². The van der Waals surface area contributed by atoms with Crippen LogP contribution in [0.5, 0.6) is 17.2 Å². The van der Waals surface area contributed by atoms with Gasteiger partial charge in [0.25, 0.3) is 0 Å². The smallest absolute Gasteiger partial charge is 0.220 e. The van der Waals surface area contributed by atoms with Gasteiger partial charge in [0.2, 0.25) is 5.91 Å². The second kappa shape index (κ2) is 9.57. The lowest BCUT2D eigenvalue weighted by molar-refractivity contribution is -0.121. The van der Waals surface area contributed by atoms with Gasteiger partial charge in [-0.3, -0.25) is 4.79 Å². The van der Waals surface area contributed by atoms with Gasteiger partial charge in [0.1, 0.15) is 5.75 Å². The van der Waals surface area contributed by atoms with E-state index < -0.39 is 0 Å². The first-order valence-corrected chi connectivity index (χ1v) is 8.30. The van der Waals surface area contributed by atoms with Gasteiger partial charge in [-0.25, -0.2) is 0 Å². The van der Waals surface area contributed by atoms with Gasteiger partial charge in [-0.2, -0.15) is 0 Å². The third-order valence-corrected chi connectivity index (χ3v) is 3.77. The highest BCUT2D eigenvalue weighted by molar-refractivity contribution is 5.76. The third kappa shape index (κ3) is 5.71. The molecule has 0 bridgehead atoms. The van der Waals surface area contributed by atoms with Crippen molar-refractivity contribution in [2.75, 3.05) is 20.8 Å².